The fourth-order valence-corrected chi connectivity index (χ4v) is 2.67. The van der Waals surface area contributed by atoms with E-state index >= 15 is 0 Å². The minimum atomic E-state index is 0.134. The van der Waals surface area contributed by atoms with Crippen molar-refractivity contribution in [2.45, 2.75) is 29.7 Å². The lowest BCUT2D eigenvalue weighted by Crippen LogP contribution is -2.05. The summed E-state index contributed by atoms with van der Waals surface area (Å²) in [4.78, 5) is 2.17. The van der Waals surface area contributed by atoms with Crippen molar-refractivity contribution in [1.82, 2.24) is 0 Å². The van der Waals surface area contributed by atoms with Gasteiger partial charge in [0.2, 0.25) is 0 Å². The quantitative estimate of drug-likeness (QED) is 0.818. The topological polar surface area (TPSA) is 35.2 Å². The van der Waals surface area contributed by atoms with Crippen LogP contribution in [-0.4, -0.2) is 6.10 Å². The molecule has 0 saturated carbocycles. The molecule has 0 aliphatic carbocycles. The third-order valence-electron chi connectivity index (χ3n) is 2.32. The maximum Gasteiger partial charge on any atom is 0.122 e. The largest absolute Gasteiger partial charge is 0.491 e. The van der Waals surface area contributed by atoms with Crippen LogP contribution in [0.4, 0.5) is 5.69 Å². The van der Waals surface area contributed by atoms with Crippen LogP contribution in [0.2, 0.25) is 5.02 Å². The van der Waals surface area contributed by atoms with Crippen LogP contribution in [-0.2, 0) is 0 Å². The lowest BCUT2D eigenvalue weighted by Gasteiger charge is -2.12. The smallest absolute Gasteiger partial charge is 0.122 e. The van der Waals surface area contributed by atoms with Crippen LogP contribution in [0.1, 0.15) is 13.8 Å². The molecule has 0 unspecified atom stereocenters. The zero-order valence-electron chi connectivity index (χ0n) is 10.9. The predicted octanol–water partition coefficient (Wildman–Crippen LogP) is 4.86. The molecule has 0 radical (unpaired) electrons. The molecule has 4 heteroatoms. The molecule has 0 aromatic heterocycles. The molecule has 2 nitrogen and oxygen atoms in total. The van der Waals surface area contributed by atoms with Crippen molar-refractivity contribution < 1.29 is 4.74 Å². The number of hydrogen-bond donors (Lipinski definition) is 1. The van der Waals surface area contributed by atoms with Gasteiger partial charge in [0.15, 0.2) is 0 Å². The Morgan fingerprint density at radius 1 is 1.05 bits per heavy atom. The second-order valence-electron chi connectivity index (χ2n) is 4.46. The van der Waals surface area contributed by atoms with Gasteiger partial charge >= 0.3 is 0 Å². The summed E-state index contributed by atoms with van der Waals surface area (Å²) in [6, 6.07) is 13.5. The molecule has 100 valence electrons. The first-order valence-corrected chi connectivity index (χ1v) is 7.23. The molecular weight excluding hydrogens is 278 g/mol. The Labute approximate surface area is 122 Å². The first-order valence-electron chi connectivity index (χ1n) is 6.03. The van der Waals surface area contributed by atoms with E-state index in [4.69, 9.17) is 22.1 Å². The number of benzene rings is 2. The van der Waals surface area contributed by atoms with Crippen LogP contribution in [0.5, 0.6) is 5.75 Å². The van der Waals surface area contributed by atoms with Gasteiger partial charge in [0.05, 0.1) is 6.10 Å². The van der Waals surface area contributed by atoms with Crippen molar-refractivity contribution in [2.24, 2.45) is 0 Å². The van der Waals surface area contributed by atoms with E-state index in [2.05, 4.69) is 0 Å². The van der Waals surface area contributed by atoms with Gasteiger partial charge in [-0.25, -0.2) is 0 Å². The van der Waals surface area contributed by atoms with E-state index in [0.29, 0.717) is 5.69 Å². The molecule has 0 aliphatic heterocycles. The van der Waals surface area contributed by atoms with Gasteiger partial charge in [0, 0.05) is 26.6 Å². The molecule has 2 N–H and O–H groups in total. The lowest BCUT2D eigenvalue weighted by molar-refractivity contribution is 0.242. The summed E-state index contributed by atoms with van der Waals surface area (Å²) >= 11 is 7.51. The van der Waals surface area contributed by atoms with E-state index < -0.39 is 0 Å². The first kappa shape index (κ1) is 14.1. The minimum Gasteiger partial charge on any atom is -0.491 e. The Kier molecular flexibility index (Phi) is 4.61. The Bertz CT molecular complexity index is 555. The van der Waals surface area contributed by atoms with Gasteiger partial charge < -0.3 is 10.5 Å². The highest BCUT2D eigenvalue weighted by Gasteiger charge is 2.04. The predicted molar refractivity (Wildman–Crippen MR) is 82.2 cm³/mol. The highest BCUT2D eigenvalue weighted by molar-refractivity contribution is 7.99. The number of hydrogen-bond acceptors (Lipinski definition) is 3. The summed E-state index contributed by atoms with van der Waals surface area (Å²) in [6.45, 7) is 3.99. The van der Waals surface area contributed by atoms with Gasteiger partial charge in [-0.2, -0.15) is 0 Å². The van der Waals surface area contributed by atoms with E-state index in [1.165, 1.54) is 0 Å². The molecule has 19 heavy (non-hydrogen) atoms. The molecule has 0 atom stereocenters. The van der Waals surface area contributed by atoms with Crippen molar-refractivity contribution in [1.29, 1.82) is 0 Å². The number of anilines is 1. The maximum atomic E-state index is 5.90. The molecule has 0 bridgehead atoms. The third-order valence-corrected chi connectivity index (χ3v) is 3.55. The van der Waals surface area contributed by atoms with Crippen LogP contribution in [0.15, 0.2) is 52.3 Å². The van der Waals surface area contributed by atoms with E-state index in [0.717, 1.165) is 20.6 Å². The second kappa shape index (κ2) is 6.22. The van der Waals surface area contributed by atoms with Gasteiger partial charge in [0.1, 0.15) is 5.75 Å². The van der Waals surface area contributed by atoms with E-state index in [-0.39, 0.29) is 6.10 Å². The summed E-state index contributed by atoms with van der Waals surface area (Å²) in [5.41, 5.74) is 6.60. The van der Waals surface area contributed by atoms with Crippen LogP contribution in [0.25, 0.3) is 0 Å². The van der Waals surface area contributed by atoms with Crippen molar-refractivity contribution in [3.8, 4) is 5.75 Å². The Morgan fingerprint density at radius 2 is 1.74 bits per heavy atom. The molecule has 0 saturated heterocycles. The van der Waals surface area contributed by atoms with Crippen LogP contribution < -0.4 is 10.5 Å². The molecular formula is C15H16ClNOS. The number of nitrogens with two attached hydrogens (primary N) is 1. The molecule has 0 heterocycles. The SMILES string of the molecule is CC(C)Oc1cc(N)cc(Sc2ccc(Cl)cc2)c1. The van der Waals surface area contributed by atoms with Gasteiger partial charge in [-0.3, -0.25) is 0 Å². The first-order chi connectivity index (χ1) is 9.02. The average Bonchev–Trinajstić information content (AvgIpc) is 2.30. The third kappa shape index (κ3) is 4.37. The van der Waals surface area contributed by atoms with Crippen LogP contribution in [0, 0.1) is 0 Å². The minimum absolute atomic E-state index is 0.134. The van der Waals surface area contributed by atoms with E-state index in [9.17, 15) is 0 Å². The summed E-state index contributed by atoms with van der Waals surface area (Å²) in [6.07, 6.45) is 0.134. The summed E-state index contributed by atoms with van der Waals surface area (Å²) in [5.74, 6) is 0.798. The molecule has 2 aromatic carbocycles. The van der Waals surface area contributed by atoms with Gasteiger partial charge in [-0.1, -0.05) is 23.4 Å². The second-order valence-corrected chi connectivity index (χ2v) is 6.04. The monoisotopic (exact) mass is 293 g/mol. The van der Waals surface area contributed by atoms with Crippen molar-refractivity contribution in [3.63, 3.8) is 0 Å². The maximum absolute atomic E-state index is 5.90. The molecule has 0 amide bonds. The highest BCUT2D eigenvalue weighted by Crippen LogP contribution is 2.33. The Balaban J connectivity index is 2.19. The summed E-state index contributed by atoms with van der Waals surface area (Å²) in [5, 5.41) is 0.737. The number of halogens is 1. The zero-order valence-corrected chi connectivity index (χ0v) is 12.5. The molecule has 0 fully saturated rings. The zero-order chi connectivity index (χ0) is 13.8. The van der Waals surface area contributed by atoms with Gasteiger partial charge in [0.25, 0.3) is 0 Å². The number of rotatable bonds is 4. The van der Waals surface area contributed by atoms with Crippen LogP contribution >= 0.6 is 23.4 Å². The fourth-order valence-electron chi connectivity index (χ4n) is 1.63. The fraction of sp³-hybridized carbons (Fsp3) is 0.200. The Morgan fingerprint density at radius 3 is 2.37 bits per heavy atom. The summed E-state index contributed by atoms with van der Waals surface area (Å²) < 4.78 is 5.68. The highest BCUT2D eigenvalue weighted by atomic mass is 35.5. The average molecular weight is 294 g/mol. The van der Waals surface area contributed by atoms with Crippen molar-refractivity contribution in [2.75, 3.05) is 5.73 Å². The van der Waals surface area contributed by atoms with E-state index in [1.54, 1.807) is 11.8 Å². The van der Waals surface area contributed by atoms with Crippen LogP contribution in [0.3, 0.4) is 0 Å². The van der Waals surface area contributed by atoms with Crippen molar-refractivity contribution in [3.05, 3.63) is 47.5 Å². The Hall–Kier alpha value is -1.32. The lowest BCUT2D eigenvalue weighted by atomic mass is 10.3. The standard InChI is InChI=1S/C15H16ClNOS/c1-10(2)18-13-7-12(17)8-15(9-13)19-14-5-3-11(16)4-6-14/h3-10H,17H2,1-2H3. The van der Waals surface area contributed by atoms with Gasteiger partial charge in [-0.15, -0.1) is 0 Å². The molecule has 0 spiro atoms. The van der Waals surface area contributed by atoms with E-state index in [1.807, 2.05) is 56.3 Å². The number of nitrogen functional groups attached to an aromatic ring is 1. The molecule has 2 aromatic rings. The van der Waals surface area contributed by atoms with Gasteiger partial charge in [-0.05, 0) is 50.2 Å². The van der Waals surface area contributed by atoms with Crippen molar-refractivity contribution >= 4 is 29.1 Å². The molecule has 0 aliphatic rings. The molecule has 2 rings (SSSR count). The number of ether oxygens (including phenoxy) is 1. The summed E-state index contributed by atoms with van der Waals surface area (Å²) in [7, 11) is 0. The normalized spacial score (nSPS) is 10.7.